The Kier molecular flexibility index (Phi) is 3.40. The summed E-state index contributed by atoms with van der Waals surface area (Å²) in [7, 11) is 0. The second kappa shape index (κ2) is 4.35. The lowest BCUT2D eigenvalue weighted by atomic mass is 10.1. The summed E-state index contributed by atoms with van der Waals surface area (Å²) in [6.07, 6.45) is -1.23. The lowest BCUT2D eigenvalue weighted by molar-refractivity contribution is -0.122. The fourth-order valence-corrected chi connectivity index (χ4v) is 1.16. The average molecular weight is 178 g/mol. The summed E-state index contributed by atoms with van der Waals surface area (Å²) in [5.41, 5.74) is 0. The zero-order chi connectivity index (χ0) is 8.97. The Balaban J connectivity index is 2.13. The summed E-state index contributed by atoms with van der Waals surface area (Å²) in [6, 6.07) is 0.0108. The van der Waals surface area contributed by atoms with Crippen molar-refractivity contribution in [2.45, 2.75) is 25.3 Å². The predicted octanol–water partition coefficient (Wildman–Crippen LogP) is 0.120. The number of halogens is 2. The highest BCUT2D eigenvalue weighted by atomic mass is 19.3. The molecule has 1 unspecified atom stereocenters. The van der Waals surface area contributed by atoms with E-state index in [0.717, 1.165) is 0 Å². The number of hydrogen-bond donors (Lipinski definition) is 2. The molecule has 3 nitrogen and oxygen atoms in total. The van der Waals surface area contributed by atoms with Crippen LogP contribution < -0.4 is 10.6 Å². The molecule has 0 spiro atoms. The van der Waals surface area contributed by atoms with Gasteiger partial charge in [-0.05, 0) is 6.42 Å². The summed E-state index contributed by atoms with van der Waals surface area (Å²) >= 11 is 0. The van der Waals surface area contributed by atoms with E-state index in [1.165, 1.54) is 0 Å². The Labute approximate surface area is 69.5 Å². The first-order valence-electron chi connectivity index (χ1n) is 3.96. The summed E-state index contributed by atoms with van der Waals surface area (Å²) in [5.74, 6) is 0.00472. The van der Waals surface area contributed by atoms with Crippen molar-refractivity contribution >= 4 is 5.91 Å². The fraction of sp³-hybridized carbons (Fsp3) is 0.857. The van der Waals surface area contributed by atoms with Crippen LogP contribution in [0.2, 0.25) is 0 Å². The first kappa shape index (κ1) is 9.38. The molecule has 0 aromatic carbocycles. The maximum absolute atomic E-state index is 11.7. The van der Waals surface area contributed by atoms with Gasteiger partial charge < -0.3 is 10.6 Å². The third-order valence-corrected chi connectivity index (χ3v) is 1.83. The maximum atomic E-state index is 11.7. The van der Waals surface area contributed by atoms with Gasteiger partial charge in [-0.1, -0.05) is 0 Å². The van der Waals surface area contributed by atoms with Crippen LogP contribution in [0, 0.1) is 0 Å². The average Bonchev–Trinajstić information content (AvgIpc) is 2.03. The molecule has 0 radical (unpaired) electrons. The molecule has 2 N–H and O–H groups in total. The van der Waals surface area contributed by atoms with Crippen molar-refractivity contribution < 1.29 is 13.6 Å². The second-order valence-electron chi connectivity index (χ2n) is 2.84. The van der Waals surface area contributed by atoms with Gasteiger partial charge in [0.05, 0.1) is 6.54 Å². The van der Waals surface area contributed by atoms with Crippen LogP contribution >= 0.6 is 0 Å². The topological polar surface area (TPSA) is 41.1 Å². The lowest BCUT2D eigenvalue weighted by Crippen LogP contribution is -2.46. The quantitative estimate of drug-likeness (QED) is 0.644. The van der Waals surface area contributed by atoms with Gasteiger partial charge in [-0.25, -0.2) is 8.78 Å². The molecule has 1 atom stereocenters. The Bertz CT molecular complexity index is 153. The van der Waals surface area contributed by atoms with Crippen molar-refractivity contribution in [3.05, 3.63) is 0 Å². The maximum Gasteiger partial charge on any atom is 0.250 e. The molecule has 70 valence electrons. The minimum atomic E-state index is -2.32. The number of piperidine rings is 1. The van der Waals surface area contributed by atoms with E-state index in [4.69, 9.17) is 0 Å². The smallest absolute Gasteiger partial charge is 0.250 e. The lowest BCUT2D eigenvalue weighted by Gasteiger charge is -2.23. The van der Waals surface area contributed by atoms with Gasteiger partial charge >= 0.3 is 0 Å². The number of amides is 1. The first-order valence-corrected chi connectivity index (χ1v) is 3.96. The molecule has 0 aromatic rings. The van der Waals surface area contributed by atoms with E-state index in [1.54, 1.807) is 0 Å². The Morgan fingerprint density at radius 1 is 1.67 bits per heavy atom. The Morgan fingerprint density at radius 3 is 2.92 bits per heavy atom. The molecular formula is C7H12F2N2O. The van der Waals surface area contributed by atoms with Crippen molar-refractivity contribution in [3.63, 3.8) is 0 Å². The van der Waals surface area contributed by atoms with E-state index >= 15 is 0 Å². The Hall–Kier alpha value is -0.710. The highest BCUT2D eigenvalue weighted by Crippen LogP contribution is 2.02. The monoisotopic (exact) mass is 178 g/mol. The van der Waals surface area contributed by atoms with E-state index < -0.39 is 6.43 Å². The molecule has 1 rings (SSSR count). The molecule has 1 saturated heterocycles. The van der Waals surface area contributed by atoms with Crippen LogP contribution in [0.3, 0.4) is 0 Å². The number of hydrogen-bond acceptors (Lipinski definition) is 2. The zero-order valence-corrected chi connectivity index (χ0v) is 6.65. The van der Waals surface area contributed by atoms with Crippen molar-refractivity contribution in [2.24, 2.45) is 0 Å². The van der Waals surface area contributed by atoms with E-state index in [1.807, 2.05) is 0 Å². The van der Waals surface area contributed by atoms with Gasteiger partial charge in [0.1, 0.15) is 0 Å². The first-order chi connectivity index (χ1) is 5.68. The standard InChI is InChI=1S/C7H12F2N2O/c8-6(9)4-10-5-1-2-7(12)11-3-5/h5-6,10H,1-4H2,(H,11,12). The van der Waals surface area contributed by atoms with Crippen LogP contribution in [-0.4, -0.2) is 31.5 Å². The largest absolute Gasteiger partial charge is 0.355 e. The fourth-order valence-electron chi connectivity index (χ4n) is 1.16. The number of alkyl halides is 2. The van der Waals surface area contributed by atoms with E-state index in [2.05, 4.69) is 10.6 Å². The molecule has 5 heteroatoms. The Morgan fingerprint density at radius 2 is 2.42 bits per heavy atom. The van der Waals surface area contributed by atoms with Crippen LogP contribution in [0.1, 0.15) is 12.8 Å². The number of carbonyl (C=O) groups is 1. The molecule has 12 heavy (non-hydrogen) atoms. The van der Waals surface area contributed by atoms with Crippen LogP contribution in [0.5, 0.6) is 0 Å². The third-order valence-electron chi connectivity index (χ3n) is 1.83. The van der Waals surface area contributed by atoms with E-state index in [-0.39, 0.29) is 18.5 Å². The summed E-state index contributed by atoms with van der Waals surface area (Å²) in [4.78, 5) is 10.7. The van der Waals surface area contributed by atoms with Crippen molar-refractivity contribution in [1.29, 1.82) is 0 Å². The van der Waals surface area contributed by atoms with E-state index in [9.17, 15) is 13.6 Å². The predicted molar refractivity (Wildman–Crippen MR) is 40.0 cm³/mol. The molecule has 1 amide bonds. The van der Waals surface area contributed by atoms with Gasteiger partial charge in [0.25, 0.3) is 6.43 Å². The van der Waals surface area contributed by atoms with Gasteiger partial charge in [0.2, 0.25) is 5.91 Å². The van der Waals surface area contributed by atoms with Gasteiger partial charge in [0, 0.05) is 19.0 Å². The molecule has 1 aliphatic heterocycles. The van der Waals surface area contributed by atoms with E-state index in [0.29, 0.717) is 19.4 Å². The zero-order valence-electron chi connectivity index (χ0n) is 6.65. The molecule has 0 bridgehead atoms. The van der Waals surface area contributed by atoms with Gasteiger partial charge in [-0.15, -0.1) is 0 Å². The molecule has 1 aliphatic rings. The van der Waals surface area contributed by atoms with Crippen LogP contribution in [0.25, 0.3) is 0 Å². The highest BCUT2D eigenvalue weighted by Gasteiger charge is 2.17. The molecule has 1 fully saturated rings. The van der Waals surface area contributed by atoms with Crippen molar-refractivity contribution in [3.8, 4) is 0 Å². The van der Waals surface area contributed by atoms with Crippen molar-refractivity contribution in [1.82, 2.24) is 10.6 Å². The normalized spacial score (nSPS) is 24.2. The minimum Gasteiger partial charge on any atom is -0.355 e. The molecule has 0 aromatic heterocycles. The summed E-state index contributed by atoms with van der Waals surface area (Å²) < 4.78 is 23.4. The summed E-state index contributed by atoms with van der Waals surface area (Å²) in [6.45, 7) is 0.173. The molecule has 1 heterocycles. The number of carbonyl (C=O) groups excluding carboxylic acids is 1. The third kappa shape index (κ3) is 3.13. The minimum absolute atomic E-state index is 0.00472. The SMILES string of the molecule is O=C1CCC(NCC(F)F)CN1. The van der Waals surface area contributed by atoms with Crippen LogP contribution in [0.15, 0.2) is 0 Å². The number of nitrogens with one attached hydrogen (secondary N) is 2. The van der Waals surface area contributed by atoms with Crippen molar-refractivity contribution in [2.75, 3.05) is 13.1 Å². The number of rotatable bonds is 3. The van der Waals surface area contributed by atoms with Gasteiger partial charge in [-0.2, -0.15) is 0 Å². The molecular weight excluding hydrogens is 166 g/mol. The second-order valence-corrected chi connectivity index (χ2v) is 2.84. The highest BCUT2D eigenvalue weighted by molar-refractivity contribution is 5.76. The van der Waals surface area contributed by atoms with Crippen LogP contribution in [0.4, 0.5) is 8.78 Å². The molecule has 0 saturated carbocycles. The molecule has 0 aliphatic carbocycles. The van der Waals surface area contributed by atoms with Gasteiger partial charge in [-0.3, -0.25) is 4.79 Å². The van der Waals surface area contributed by atoms with Crippen LogP contribution in [-0.2, 0) is 4.79 Å². The summed E-state index contributed by atoms with van der Waals surface area (Å²) in [5, 5.41) is 5.29. The van der Waals surface area contributed by atoms with Gasteiger partial charge in [0.15, 0.2) is 0 Å².